The number of aromatic carboxylic acids is 1. The number of rotatable bonds is 3. The molecule has 0 amide bonds. The first-order valence-electron chi connectivity index (χ1n) is 5.45. The number of carbonyl (C=O) groups is 1. The molecule has 0 saturated carbocycles. The highest BCUT2D eigenvalue weighted by molar-refractivity contribution is 6.06. The number of benzene rings is 1. The summed E-state index contributed by atoms with van der Waals surface area (Å²) in [6.07, 6.45) is 0. The number of hydrogen-bond donors (Lipinski definition) is 1. The van der Waals surface area contributed by atoms with Crippen LogP contribution in [-0.4, -0.2) is 29.9 Å². The second-order valence-electron chi connectivity index (χ2n) is 4.05. The van der Waals surface area contributed by atoms with Crippen molar-refractivity contribution < 1.29 is 19.4 Å². The van der Waals surface area contributed by atoms with Crippen LogP contribution in [0.2, 0.25) is 0 Å². The first kappa shape index (κ1) is 12.3. The molecule has 0 fully saturated rings. The van der Waals surface area contributed by atoms with E-state index in [1.165, 1.54) is 7.11 Å². The zero-order valence-corrected chi connectivity index (χ0v) is 10.8. The van der Waals surface area contributed by atoms with Gasteiger partial charge >= 0.3 is 5.97 Å². The van der Waals surface area contributed by atoms with Crippen molar-refractivity contribution in [1.82, 2.24) is 4.57 Å². The minimum atomic E-state index is -0.940. The molecule has 1 N–H and O–H groups in total. The van der Waals surface area contributed by atoms with Crippen molar-refractivity contribution in [3.05, 3.63) is 23.4 Å². The normalized spacial score (nSPS) is 10.7. The number of ether oxygens (including phenoxy) is 2. The Kier molecular flexibility index (Phi) is 2.90. The van der Waals surface area contributed by atoms with Gasteiger partial charge in [-0.2, -0.15) is 0 Å². The van der Waals surface area contributed by atoms with Crippen molar-refractivity contribution in [2.45, 2.75) is 6.92 Å². The molecule has 1 aromatic heterocycles. The molecule has 1 aromatic carbocycles. The quantitative estimate of drug-likeness (QED) is 0.905. The zero-order valence-electron chi connectivity index (χ0n) is 10.8. The predicted octanol–water partition coefficient (Wildman–Crippen LogP) is 2.20. The lowest BCUT2D eigenvalue weighted by molar-refractivity contribution is 0.0698. The Balaban J connectivity index is 2.89. The van der Waals surface area contributed by atoms with E-state index in [0.29, 0.717) is 28.1 Å². The summed E-state index contributed by atoms with van der Waals surface area (Å²) in [4.78, 5) is 11.3. The molecule has 1 heterocycles. The first-order valence-corrected chi connectivity index (χ1v) is 5.45. The Morgan fingerprint density at radius 2 is 1.78 bits per heavy atom. The molecule has 0 aliphatic carbocycles. The SMILES string of the molecule is COc1cc2c(C(=O)O)c(C)n(C)c2cc1OC. The highest BCUT2D eigenvalue weighted by Gasteiger charge is 2.20. The van der Waals surface area contributed by atoms with Gasteiger partial charge in [0.25, 0.3) is 0 Å². The Morgan fingerprint density at radius 1 is 1.22 bits per heavy atom. The molecule has 2 aromatic rings. The lowest BCUT2D eigenvalue weighted by Gasteiger charge is -2.08. The van der Waals surface area contributed by atoms with Gasteiger partial charge in [0.2, 0.25) is 0 Å². The number of carboxylic acid groups (broad SMARTS) is 1. The largest absolute Gasteiger partial charge is 0.493 e. The number of nitrogens with zero attached hydrogens (tertiary/aromatic N) is 1. The Bertz CT molecular complexity index is 628. The van der Waals surface area contributed by atoms with E-state index in [1.54, 1.807) is 26.2 Å². The summed E-state index contributed by atoms with van der Waals surface area (Å²) in [7, 11) is 4.91. The van der Waals surface area contributed by atoms with Crippen LogP contribution in [0.15, 0.2) is 12.1 Å². The van der Waals surface area contributed by atoms with Crippen LogP contribution in [0.4, 0.5) is 0 Å². The van der Waals surface area contributed by atoms with Gasteiger partial charge in [0.1, 0.15) is 0 Å². The van der Waals surface area contributed by atoms with Crippen LogP contribution in [0.5, 0.6) is 11.5 Å². The molecular weight excluding hydrogens is 234 g/mol. The van der Waals surface area contributed by atoms with E-state index in [1.807, 2.05) is 11.6 Å². The fourth-order valence-electron chi connectivity index (χ4n) is 2.16. The molecule has 0 bridgehead atoms. The van der Waals surface area contributed by atoms with Crippen LogP contribution < -0.4 is 9.47 Å². The van der Waals surface area contributed by atoms with Crippen LogP contribution in [0.1, 0.15) is 16.1 Å². The summed E-state index contributed by atoms with van der Waals surface area (Å²) in [6.45, 7) is 1.78. The summed E-state index contributed by atoms with van der Waals surface area (Å²) in [5.74, 6) is 0.172. The number of aromatic nitrogens is 1. The number of methoxy groups -OCH3 is 2. The Hall–Kier alpha value is -2.17. The molecule has 0 atom stereocenters. The van der Waals surface area contributed by atoms with Gasteiger partial charge in [0.05, 0.1) is 25.3 Å². The Labute approximate surface area is 105 Å². The lowest BCUT2D eigenvalue weighted by atomic mass is 10.1. The molecule has 0 unspecified atom stereocenters. The fraction of sp³-hybridized carbons (Fsp3) is 0.308. The highest BCUT2D eigenvalue weighted by atomic mass is 16.5. The summed E-state index contributed by atoms with van der Waals surface area (Å²) in [5.41, 5.74) is 1.81. The number of fused-ring (bicyclic) bond motifs is 1. The van der Waals surface area contributed by atoms with E-state index in [0.717, 1.165) is 5.52 Å². The topological polar surface area (TPSA) is 60.7 Å². The second-order valence-corrected chi connectivity index (χ2v) is 4.05. The third-order valence-corrected chi connectivity index (χ3v) is 3.21. The lowest BCUT2D eigenvalue weighted by Crippen LogP contribution is -1.99. The Morgan fingerprint density at radius 3 is 2.28 bits per heavy atom. The average molecular weight is 249 g/mol. The standard InChI is InChI=1S/C13H15NO4/c1-7-12(13(15)16)8-5-10(17-3)11(18-4)6-9(8)14(7)2/h5-6H,1-4H3,(H,15,16). The molecule has 2 rings (SSSR count). The van der Waals surface area contributed by atoms with Crippen molar-refractivity contribution >= 4 is 16.9 Å². The molecule has 96 valence electrons. The second kappa shape index (κ2) is 4.25. The van der Waals surface area contributed by atoms with Gasteiger partial charge in [-0.15, -0.1) is 0 Å². The monoisotopic (exact) mass is 249 g/mol. The molecule has 0 saturated heterocycles. The van der Waals surface area contributed by atoms with Gasteiger partial charge < -0.3 is 19.1 Å². The minimum Gasteiger partial charge on any atom is -0.493 e. The molecule has 0 radical (unpaired) electrons. The van der Waals surface area contributed by atoms with E-state index in [9.17, 15) is 9.90 Å². The van der Waals surface area contributed by atoms with Crippen LogP contribution >= 0.6 is 0 Å². The fourth-order valence-corrected chi connectivity index (χ4v) is 2.16. The highest BCUT2D eigenvalue weighted by Crippen LogP contribution is 2.35. The van der Waals surface area contributed by atoms with E-state index in [4.69, 9.17) is 9.47 Å². The van der Waals surface area contributed by atoms with Crippen LogP contribution in [-0.2, 0) is 7.05 Å². The van der Waals surface area contributed by atoms with Gasteiger partial charge in [0, 0.05) is 24.2 Å². The van der Waals surface area contributed by atoms with E-state index in [2.05, 4.69) is 0 Å². The maximum Gasteiger partial charge on any atom is 0.338 e. The molecule has 5 nitrogen and oxygen atoms in total. The van der Waals surface area contributed by atoms with Crippen molar-refractivity contribution in [2.75, 3.05) is 14.2 Å². The van der Waals surface area contributed by atoms with Gasteiger partial charge in [-0.05, 0) is 13.0 Å². The van der Waals surface area contributed by atoms with Crippen molar-refractivity contribution in [2.24, 2.45) is 7.05 Å². The zero-order chi connectivity index (χ0) is 13.4. The minimum absolute atomic E-state index is 0.299. The van der Waals surface area contributed by atoms with Crippen LogP contribution in [0, 0.1) is 6.92 Å². The predicted molar refractivity (Wildman–Crippen MR) is 67.7 cm³/mol. The number of carboxylic acids is 1. The summed E-state index contributed by atoms with van der Waals surface area (Å²) in [5, 5.41) is 9.93. The van der Waals surface area contributed by atoms with E-state index in [-0.39, 0.29) is 0 Å². The summed E-state index contributed by atoms with van der Waals surface area (Å²) >= 11 is 0. The summed E-state index contributed by atoms with van der Waals surface area (Å²) < 4.78 is 12.3. The van der Waals surface area contributed by atoms with Crippen molar-refractivity contribution in [3.8, 4) is 11.5 Å². The van der Waals surface area contributed by atoms with Crippen LogP contribution in [0.25, 0.3) is 10.9 Å². The first-order chi connectivity index (χ1) is 8.51. The van der Waals surface area contributed by atoms with Crippen LogP contribution in [0.3, 0.4) is 0 Å². The van der Waals surface area contributed by atoms with Crippen molar-refractivity contribution in [1.29, 1.82) is 0 Å². The molecular formula is C13H15NO4. The molecule has 0 aliphatic heterocycles. The molecule has 0 spiro atoms. The molecule has 0 aliphatic rings. The smallest absolute Gasteiger partial charge is 0.338 e. The third kappa shape index (κ3) is 1.59. The van der Waals surface area contributed by atoms with Gasteiger partial charge in [-0.3, -0.25) is 0 Å². The molecule has 5 heteroatoms. The number of aryl methyl sites for hydroxylation is 1. The third-order valence-electron chi connectivity index (χ3n) is 3.21. The van der Waals surface area contributed by atoms with E-state index < -0.39 is 5.97 Å². The van der Waals surface area contributed by atoms with Gasteiger partial charge in [0.15, 0.2) is 11.5 Å². The van der Waals surface area contributed by atoms with Crippen molar-refractivity contribution in [3.63, 3.8) is 0 Å². The van der Waals surface area contributed by atoms with Gasteiger partial charge in [-0.25, -0.2) is 4.79 Å². The van der Waals surface area contributed by atoms with E-state index >= 15 is 0 Å². The van der Waals surface area contributed by atoms with Gasteiger partial charge in [-0.1, -0.05) is 0 Å². The maximum atomic E-state index is 11.3. The maximum absolute atomic E-state index is 11.3. The summed E-state index contributed by atoms with van der Waals surface area (Å²) in [6, 6.07) is 3.48. The number of hydrogen-bond acceptors (Lipinski definition) is 3. The average Bonchev–Trinajstić information content (AvgIpc) is 2.60. The molecule has 18 heavy (non-hydrogen) atoms.